The topological polar surface area (TPSA) is 38.0 Å². The van der Waals surface area contributed by atoms with Crippen LogP contribution < -0.4 is 0 Å². The highest BCUT2D eigenvalue weighted by Crippen LogP contribution is 2.30. The Hall–Kier alpha value is -1.03. The lowest BCUT2D eigenvalue weighted by atomic mass is 10.1. The molecule has 0 radical (unpaired) electrons. The molecule has 0 bridgehead atoms. The lowest BCUT2D eigenvalue weighted by Gasteiger charge is -2.14. The third-order valence-corrected chi connectivity index (χ3v) is 3.34. The summed E-state index contributed by atoms with van der Waals surface area (Å²) in [6.45, 7) is 4.56. The van der Waals surface area contributed by atoms with Crippen molar-refractivity contribution in [3.63, 3.8) is 0 Å². The van der Waals surface area contributed by atoms with E-state index in [0.29, 0.717) is 22.2 Å². The quantitative estimate of drug-likeness (QED) is 0.935. The molecule has 0 aliphatic carbocycles. The minimum absolute atomic E-state index is 0.494. The SMILES string of the molecule is CCn1nc(C)cc1C(O)c1cc(Cl)ccc1Cl. The van der Waals surface area contributed by atoms with Crippen molar-refractivity contribution in [3.05, 3.63) is 51.3 Å². The Labute approximate surface area is 116 Å². The maximum Gasteiger partial charge on any atom is 0.122 e. The molecule has 0 aliphatic heterocycles. The lowest BCUT2D eigenvalue weighted by Crippen LogP contribution is -2.09. The summed E-state index contributed by atoms with van der Waals surface area (Å²) in [6, 6.07) is 6.91. The van der Waals surface area contributed by atoms with Crippen LogP contribution in [0.25, 0.3) is 0 Å². The lowest BCUT2D eigenvalue weighted by molar-refractivity contribution is 0.208. The zero-order chi connectivity index (χ0) is 13.3. The van der Waals surface area contributed by atoms with Crippen molar-refractivity contribution in [2.45, 2.75) is 26.5 Å². The molecule has 1 unspecified atom stereocenters. The summed E-state index contributed by atoms with van der Waals surface area (Å²) in [5, 5.41) is 15.8. The third kappa shape index (κ3) is 2.53. The van der Waals surface area contributed by atoms with Gasteiger partial charge in [-0.1, -0.05) is 23.2 Å². The zero-order valence-electron chi connectivity index (χ0n) is 10.2. The van der Waals surface area contributed by atoms with E-state index in [2.05, 4.69) is 5.10 Å². The van der Waals surface area contributed by atoms with E-state index in [-0.39, 0.29) is 0 Å². The molecule has 1 N–H and O–H groups in total. The number of aromatic nitrogens is 2. The second-order valence-corrected chi connectivity index (χ2v) is 4.94. The number of hydrogen-bond donors (Lipinski definition) is 1. The van der Waals surface area contributed by atoms with Crippen molar-refractivity contribution in [3.8, 4) is 0 Å². The fourth-order valence-electron chi connectivity index (χ4n) is 1.92. The maximum absolute atomic E-state index is 10.4. The molecule has 0 fully saturated rings. The number of aliphatic hydroxyl groups is 1. The van der Waals surface area contributed by atoms with Gasteiger partial charge in [0.1, 0.15) is 6.10 Å². The van der Waals surface area contributed by atoms with Crippen LogP contribution >= 0.6 is 23.2 Å². The Morgan fingerprint density at radius 1 is 1.33 bits per heavy atom. The molecule has 3 nitrogen and oxygen atoms in total. The van der Waals surface area contributed by atoms with Crippen LogP contribution in [-0.2, 0) is 6.54 Å². The van der Waals surface area contributed by atoms with Gasteiger partial charge in [0, 0.05) is 22.2 Å². The Balaban J connectivity index is 2.46. The summed E-state index contributed by atoms with van der Waals surface area (Å²) in [6.07, 6.45) is -0.822. The summed E-state index contributed by atoms with van der Waals surface area (Å²) in [7, 11) is 0. The molecule has 1 aromatic heterocycles. The van der Waals surface area contributed by atoms with Crippen LogP contribution in [0.3, 0.4) is 0 Å². The standard InChI is InChI=1S/C13H14Cl2N2O/c1-3-17-12(6-8(2)16-17)13(18)10-7-9(14)4-5-11(10)15/h4-7,13,18H,3H2,1-2H3. The molecule has 0 aliphatic rings. The van der Waals surface area contributed by atoms with Crippen LogP contribution in [0, 0.1) is 6.92 Å². The first-order chi connectivity index (χ1) is 8.52. The van der Waals surface area contributed by atoms with Crippen LogP contribution in [0.5, 0.6) is 0 Å². The van der Waals surface area contributed by atoms with Crippen LogP contribution in [0.1, 0.15) is 30.0 Å². The van der Waals surface area contributed by atoms with E-state index < -0.39 is 6.10 Å². The van der Waals surface area contributed by atoms with Crippen molar-refractivity contribution in [2.24, 2.45) is 0 Å². The number of aryl methyl sites for hydroxylation is 2. The zero-order valence-corrected chi connectivity index (χ0v) is 11.7. The Bertz CT molecular complexity index is 566. The minimum atomic E-state index is -0.822. The van der Waals surface area contributed by atoms with Gasteiger partial charge < -0.3 is 5.11 Å². The molecule has 18 heavy (non-hydrogen) atoms. The third-order valence-electron chi connectivity index (χ3n) is 2.77. The molecule has 0 saturated heterocycles. The molecular formula is C13H14Cl2N2O. The fraction of sp³-hybridized carbons (Fsp3) is 0.308. The Kier molecular flexibility index (Phi) is 3.95. The normalized spacial score (nSPS) is 12.7. The highest BCUT2D eigenvalue weighted by Gasteiger charge is 2.19. The highest BCUT2D eigenvalue weighted by molar-refractivity contribution is 6.33. The number of rotatable bonds is 3. The van der Waals surface area contributed by atoms with Gasteiger partial charge in [-0.05, 0) is 38.1 Å². The number of aliphatic hydroxyl groups excluding tert-OH is 1. The molecule has 1 heterocycles. The van der Waals surface area contributed by atoms with Gasteiger partial charge in [0.05, 0.1) is 11.4 Å². The Morgan fingerprint density at radius 2 is 2.06 bits per heavy atom. The summed E-state index contributed by atoms with van der Waals surface area (Å²) >= 11 is 12.0. The maximum atomic E-state index is 10.4. The molecular weight excluding hydrogens is 271 g/mol. The van der Waals surface area contributed by atoms with E-state index in [4.69, 9.17) is 23.2 Å². The molecule has 1 aromatic carbocycles. The average Bonchev–Trinajstić information content (AvgIpc) is 2.72. The van der Waals surface area contributed by atoms with Gasteiger partial charge in [0.25, 0.3) is 0 Å². The smallest absolute Gasteiger partial charge is 0.122 e. The van der Waals surface area contributed by atoms with Crippen molar-refractivity contribution in [1.29, 1.82) is 0 Å². The van der Waals surface area contributed by atoms with E-state index in [1.165, 1.54) is 0 Å². The molecule has 0 saturated carbocycles. The second-order valence-electron chi connectivity index (χ2n) is 4.09. The van der Waals surface area contributed by atoms with E-state index in [9.17, 15) is 5.11 Å². The van der Waals surface area contributed by atoms with Crippen molar-refractivity contribution < 1.29 is 5.11 Å². The van der Waals surface area contributed by atoms with Gasteiger partial charge in [-0.3, -0.25) is 4.68 Å². The average molecular weight is 285 g/mol. The highest BCUT2D eigenvalue weighted by atomic mass is 35.5. The minimum Gasteiger partial charge on any atom is -0.382 e. The van der Waals surface area contributed by atoms with E-state index >= 15 is 0 Å². The fourth-order valence-corrected chi connectivity index (χ4v) is 2.32. The molecule has 96 valence electrons. The van der Waals surface area contributed by atoms with Crippen LogP contribution in [0.2, 0.25) is 10.0 Å². The second kappa shape index (κ2) is 5.31. The van der Waals surface area contributed by atoms with Crippen LogP contribution in [0.15, 0.2) is 24.3 Å². The Morgan fingerprint density at radius 3 is 2.72 bits per heavy atom. The molecule has 5 heteroatoms. The number of benzene rings is 1. The number of nitrogens with zero attached hydrogens (tertiary/aromatic N) is 2. The molecule has 2 rings (SSSR count). The van der Waals surface area contributed by atoms with Crippen molar-refractivity contribution in [2.75, 3.05) is 0 Å². The van der Waals surface area contributed by atoms with Gasteiger partial charge in [-0.15, -0.1) is 0 Å². The first kappa shape index (κ1) is 13.4. The summed E-state index contributed by atoms with van der Waals surface area (Å²) in [4.78, 5) is 0. The van der Waals surface area contributed by atoms with E-state index in [1.807, 2.05) is 19.9 Å². The first-order valence-electron chi connectivity index (χ1n) is 5.70. The van der Waals surface area contributed by atoms with Crippen molar-refractivity contribution >= 4 is 23.2 Å². The molecule has 0 spiro atoms. The van der Waals surface area contributed by atoms with Crippen LogP contribution in [-0.4, -0.2) is 14.9 Å². The number of hydrogen-bond acceptors (Lipinski definition) is 2. The predicted octanol–water partition coefficient (Wildman–Crippen LogP) is 3.60. The summed E-state index contributed by atoms with van der Waals surface area (Å²) in [5.41, 5.74) is 2.18. The van der Waals surface area contributed by atoms with Crippen molar-refractivity contribution in [1.82, 2.24) is 9.78 Å². The molecule has 0 amide bonds. The van der Waals surface area contributed by atoms with E-state index in [1.54, 1.807) is 22.9 Å². The molecule has 1 atom stereocenters. The molecule has 2 aromatic rings. The van der Waals surface area contributed by atoms with Gasteiger partial charge in [-0.2, -0.15) is 5.10 Å². The van der Waals surface area contributed by atoms with Gasteiger partial charge in [0.2, 0.25) is 0 Å². The first-order valence-corrected chi connectivity index (χ1v) is 6.46. The number of halogens is 2. The van der Waals surface area contributed by atoms with Crippen LogP contribution in [0.4, 0.5) is 0 Å². The summed E-state index contributed by atoms with van der Waals surface area (Å²) in [5.74, 6) is 0. The predicted molar refractivity (Wildman–Crippen MR) is 73.2 cm³/mol. The van der Waals surface area contributed by atoms with Gasteiger partial charge in [0.15, 0.2) is 0 Å². The van der Waals surface area contributed by atoms with E-state index in [0.717, 1.165) is 11.4 Å². The largest absolute Gasteiger partial charge is 0.382 e. The van der Waals surface area contributed by atoms with Gasteiger partial charge in [-0.25, -0.2) is 0 Å². The summed E-state index contributed by atoms with van der Waals surface area (Å²) < 4.78 is 1.76. The monoisotopic (exact) mass is 284 g/mol. The van der Waals surface area contributed by atoms with Gasteiger partial charge >= 0.3 is 0 Å².